The van der Waals surface area contributed by atoms with E-state index in [1.165, 1.54) is 12.1 Å². The maximum atomic E-state index is 12.7. The Kier molecular flexibility index (Phi) is 3.71. The molecule has 7 heteroatoms. The van der Waals surface area contributed by atoms with E-state index in [1.807, 2.05) is 0 Å². The molecule has 0 spiro atoms. The van der Waals surface area contributed by atoms with Gasteiger partial charge in [-0.05, 0) is 18.2 Å². The second kappa shape index (κ2) is 5.16. The summed E-state index contributed by atoms with van der Waals surface area (Å²) in [5, 5.41) is 2.79. The zero-order chi connectivity index (χ0) is 14.9. The summed E-state index contributed by atoms with van der Waals surface area (Å²) in [4.78, 5) is 12.0. The van der Waals surface area contributed by atoms with E-state index in [9.17, 15) is 18.0 Å². The number of halogens is 3. The second-order valence-electron chi connectivity index (χ2n) is 4.05. The van der Waals surface area contributed by atoms with Crippen molar-refractivity contribution in [3.63, 3.8) is 0 Å². The minimum Gasteiger partial charge on any atom is -0.397 e. The molecule has 3 nitrogen and oxygen atoms in total. The standard InChI is InChI=1S/C13H11F3N2OS/c1-2-5-18-12(19)11-10(17)8-6-7(13(14,15)16)3-4-9(8)20-11/h2-4,6H,1,5,17H2,(H,18,19). The number of benzene rings is 1. The van der Waals surface area contributed by atoms with E-state index in [-0.39, 0.29) is 22.5 Å². The minimum atomic E-state index is -4.44. The first-order valence-corrected chi connectivity index (χ1v) is 6.44. The SMILES string of the molecule is C=CCNC(=O)c1sc2ccc(C(F)(F)F)cc2c1N. The molecule has 0 fully saturated rings. The Morgan fingerprint density at radius 2 is 2.15 bits per heavy atom. The van der Waals surface area contributed by atoms with Gasteiger partial charge in [0, 0.05) is 16.6 Å². The quantitative estimate of drug-likeness (QED) is 0.853. The second-order valence-corrected chi connectivity index (χ2v) is 5.10. The summed E-state index contributed by atoms with van der Waals surface area (Å²) in [6.45, 7) is 3.73. The Hall–Kier alpha value is -2.02. The Labute approximate surface area is 116 Å². The van der Waals surface area contributed by atoms with Crippen LogP contribution >= 0.6 is 11.3 Å². The number of rotatable bonds is 3. The zero-order valence-electron chi connectivity index (χ0n) is 10.3. The van der Waals surface area contributed by atoms with Crippen molar-refractivity contribution in [2.24, 2.45) is 0 Å². The lowest BCUT2D eigenvalue weighted by atomic mass is 10.1. The molecular weight excluding hydrogens is 289 g/mol. The fourth-order valence-corrected chi connectivity index (χ4v) is 2.73. The third-order valence-corrected chi connectivity index (χ3v) is 3.85. The van der Waals surface area contributed by atoms with Crippen molar-refractivity contribution in [2.45, 2.75) is 6.18 Å². The van der Waals surface area contributed by atoms with Crippen LogP contribution in [0.4, 0.5) is 18.9 Å². The van der Waals surface area contributed by atoms with E-state index in [0.29, 0.717) is 4.70 Å². The van der Waals surface area contributed by atoms with E-state index in [1.54, 1.807) is 0 Å². The van der Waals surface area contributed by atoms with Gasteiger partial charge in [0.25, 0.3) is 5.91 Å². The highest BCUT2D eigenvalue weighted by atomic mass is 32.1. The number of hydrogen-bond donors (Lipinski definition) is 2. The minimum absolute atomic E-state index is 0.0673. The summed E-state index contributed by atoms with van der Waals surface area (Å²) in [5.41, 5.74) is 5.06. The summed E-state index contributed by atoms with van der Waals surface area (Å²) in [6.07, 6.45) is -2.93. The predicted molar refractivity (Wildman–Crippen MR) is 73.8 cm³/mol. The molecule has 1 aromatic heterocycles. The summed E-state index contributed by atoms with van der Waals surface area (Å²) >= 11 is 1.06. The van der Waals surface area contributed by atoms with Crippen LogP contribution in [-0.4, -0.2) is 12.5 Å². The van der Waals surface area contributed by atoms with Gasteiger partial charge in [0.05, 0.1) is 11.3 Å². The van der Waals surface area contributed by atoms with E-state index in [0.717, 1.165) is 23.5 Å². The molecule has 3 N–H and O–H groups in total. The van der Waals surface area contributed by atoms with Crippen LogP contribution in [0, 0.1) is 0 Å². The molecule has 0 unspecified atom stereocenters. The van der Waals surface area contributed by atoms with Gasteiger partial charge in [0.1, 0.15) is 4.88 Å². The summed E-state index contributed by atoms with van der Waals surface area (Å²) < 4.78 is 38.5. The van der Waals surface area contributed by atoms with Crippen LogP contribution < -0.4 is 11.1 Å². The number of carbonyl (C=O) groups is 1. The Balaban J connectivity index is 2.48. The third kappa shape index (κ3) is 2.62. The van der Waals surface area contributed by atoms with E-state index in [4.69, 9.17) is 5.73 Å². The van der Waals surface area contributed by atoms with Gasteiger partial charge < -0.3 is 11.1 Å². The summed E-state index contributed by atoms with van der Waals surface area (Å²) in [5.74, 6) is -0.419. The van der Waals surface area contributed by atoms with Crippen LogP contribution in [0.3, 0.4) is 0 Å². The van der Waals surface area contributed by atoms with Crippen LogP contribution in [-0.2, 0) is 6.18 Å². The van der Waals surface area contributed by atoms with Crippen molar-refractivity contribution in [3.8, 4) is 0 Å². The number of nitrogens with two attached hydrogens (primary N) is 1. The lowest BCUT2D eigenvalue weighted by Gasteiger charge is -2.06. The average Bonchev–Trinajstić information content (AvgIpc) is 2.72. The summed E-state index contributed by atoms with van der Waals surface area (Å²) in [6, 6.07) is 3.26. The molecule has 1 aromatic carbocycles. The number of anilines is 1. The van der Waals surface area contributed by atoms with Gasteiger partial charge in [0.15, 0.2) is 0 Å². The van der Waals surface area contributed by atoms with Gasteiger partial charge in [-0.3, -0.25) is 4.79 Å². The third-order valence-electron chi connectivity index (χ3n) is 2.67. The van der Waals surface area contributed by atoms with Crippen LogP contribution in [0.25, 0.3) is 10.1 Å². The first-order chi connectivity index (χ1) is 9.34. The molecule has 0 aliphatic heterocycles. The maximum Gasteiger partial charge on any atom is 0.416 e. The van der Waals surface area contributed by atoms with Gasteiger partial charge in [-0.2, -0.15) is 13.2 Å². The number of hydrogen-bond acceptors (Lipinski definition) is 3. The van der Waals surface area contributed by atoms with Crippen molar-refractivity contribution in [1.82, 2.24) is 5.32 Å². The lowest BCUT2D eigenvalue weighted by molar-refractivity contribution is -0.137. The van der Waals surface area contributed by atoms with Crippen molar-refractivity contribution in [2.75, 3.05) is 12.3 Å². The molecule has 106 valence electrons. The molecular formula is C13H11F3N2OS. The number of alkyl halides is 3. The molecule has 0 saturated heterocycles. The highest BCUT2D eigenvalue weighted by molar-refractivity contribution is 7.21. The molecule has 0 aliphatic carbocycles. The molecule has 2 rings (SSSR count). The first-order valence-electron chi connectivity index (χ1n) is 5.63. The van der Waals surface area contributed by atoms with Gasteiger partial charge in [-0.15, -0.1) is 17.9 Å². The largest absolute Gasteiger partial charge is 0.416 e. The van der Waals surface area contributed by atoms with Crippen molar-refractivity contribution >= 4 is 33.0 Å². The van der Waals surface area contributed by atoms with E-state index < -0.39 is 17.6 Å². The molecule has 1 heterocycles. The maximum absolute atomic E-state index is 12.7. The van der Waals surface area contributed by atoms with Crippen molar-refractivity contribution < 1.29 is 18.0 Å². The van der Waals surface area contributed by atoms with Crippen LogP contribution in [0.1, 0.15) is 15.2 Å². The van der Waals surface area contributed by atoms with Gasteiger partial charge in [-0.25, -0.2) is 0 Å². The fourth-order valence-electron chi connectivity index (χ4n) is 1.71. The highest BCUT2D eigenvalue weighted by Crippen LogP contribution is 2.38. The topological polar surface area (TPSA) is 55.1 Å². The molecule has 0 saturated carbocycles. The fraction of sp³-hybridized carbons (Fsp3) is 0.154. The Morgan fingerprint density at radius 1 is 1.45 bits per heavy atom. The Morgan fingerprint density at radius 3 is 2.75 bits per heavy atom. The van der Waals surface area contributed by atoms with Gasteiger partial charge in [-0.1, -0.05) is 6.08 Å². The highest BCUT2D eigenvalue weighted by Gasteiger charge is 2.31. The smallest absolute Gasteiger partial charge is 0.397 e. The number of amides is 1. The van der Waals surface area contributed by atoms with Crippen LogP contribution in [0.5, 0.6) is 0 Å². The van der Waals surface area contributed by atoms with Crippen LogP contribution in [0.15, 0.2) is 30.9 Å². The zero-order valence-corrected chi connectivity index (χ0v) is 11.1. The van der Waals surface area contributed by atoms with Gasteiger partial charge >= 0.3 is 6.18 Å². The number of fused-ring (bicyclic) bond motifs is 1. The van der Waals surface area contributed by atoms with Crippen molar-refractivity contribution in [3.05, 3.63) is 41.3 Å². The molecule has 0 radical (unpaired) electrons. The number of thiophene rings is 1. The number of nitrogens with one attached hydrogen (secondary N) is 1. The number of carbonyl (C=O) groups excluding carboxylic acids is 1. The normalized spacial score (nSPS) is 11.6. The molecule has 1 amide bonds. The van der Waals surface area contributed by atoms with Crippen LogP contribution in [0.2, 0.25) is 0 Å². The van der Waals surface area contributed by atoms with E-state index >= 15 is 0 Å². The first kappa shape index (κ1) is 14.4. The molecule has 0 bridgehead atoms. The Bertz CT molecular complexity index is 676. The average molecular weight is 300 g/mol. The molecule has 0 atom stereocenters. The van der Waals surface area contributed by atoms with E-state index in [2.05, 4.69) is 11.9 Å². The van der Waals surface area contributed by atoms with Gasteiger partial charge in [0.2, 0.25) is 0 Å². The molecule has 0 aliphatic rings. The monoisotopic (exact) mass is 300 g/mol. The predicted octanol–water partition coefficient (Wildman–Crippen LogP) is 3.42. The van der Waals surface area contributed by atoms with Crippen molar-refractivity contribution in [1.29, 1.82) is 0 Å². The summed E-state index contributed by atoms with van der Waals surface area (Å²) in [7, 11) is 0. The lowest BCUT2D eigenvalue weighted by Crippen LogP contribution is -2.22. The molecule has 20 heavy (non-hydrogen) atoms. The number of nitrogen functional groups attached to an aromatic ring is 1. The molecule has 2 aromatic rings.